The van der Waals surface area contributed by atoms with Crippen molar-refractivity contribution in [3.8, 4) is 0 Å². The Morgan fingerprint density at radius 1 is 0.837 bits per heavy atom. The van der Waals surface area contributed by atoms with Crippen molar-refractivity contribution in [3.05, 3.63) is 101 Å². The number of aryl methyl sites for hydroxylation is 2. The zero-order chi connectivity index (χ0) is 35.9. The van der Waals surface area contributed by atoms with Crippen molar-refractivity contribution in [2.45, 2.75) is 82.6 Å². The molecule has 1 fully saturated rings. The highest BCUT2D eigenvalue weighted by atomic mass is 32.2. The summed E-state index contributed by atoms with van der Waals surface area (Å²) in [6.07, 6.45) is 4.27. The summed E-state index contributed by atoms with van der Waals surface area (Å²) in [5.41, 5.74) is 4.23. The van der Waals surface area contributed by atoms with E-state index in [2.05, 4.69) is 6.92 Å². The minimum Gasteiger partial charge on any atom is -0.481 e. The maximum Gasteiger partial charge on any atom is 0.317 e. The van der Waals surface area contributed by atoms with Gasteiger partial charge in [-0.05, 0) is 111 Å². The zero-order valence-corrected chi connectivity index (χ0v) is 29.0. The van der Waals surface area contributed by atoms with E-state index in [1.807, 2.05) is 48.5 Å². The van der Waals surface area contributed by atoms with Gasteiger partial charge < -0.3 is 20.2 Å². The molecule has 5 atom stereocenters. The van der Waals surface area contributed by atoms with Crippen LogP contribution in [0.25, 0.3) is 0 Å². The Morgan fingerprint density at radius 3 is 1.98 bits per heavy atom. The van der Waals surface area contributed by atoms with Crippen LogP contribution in [0.2, 0.25) is 0 Å². The van der Waals surface area contributed by atoms with Crippen LogP contribution in [0.4, 0.5) is 10.1 Å². The van der Waals surface area contributed by atoms with Gasteiger partial charge in [-0.1, -0.05) is 55.5 Å². The molecule has 3 aromatic carbocycles. The number of hydrogen-bond donors (Lipinski definition) is 3. The maximum absolute atomic E-state index is 13.7. The summed E-state index contributed by atoms with van der Waals surface area (Å²) in [5.74, 6) is -4.77. The van der Waals surface area contributed by atoms with Crippen molar-refractivity contribution >= 4 is 33.4 Å². The van der Waals surface area contributed by atoms with E-state index in [0.29, 0.717) is 37.7 Å². The molecule has 1 heterocycles. The number of carboxylic acids is 2. The van der Waals surface area contributed by atoms with E-state index >= 15 is 0 Å². The van der Waals surface area contributed by atoms with E-state index in [0.717, 1.165) is 35.2 Å². The standard InChI is InChI=1S/C38H46FNO8S/c1-24(23-25(2)49(3,47)48)7-8-27-11-19-31(20-12-27)40-35(32(36(40)42)21-22-34(41)28-15-17-30(39)18-16-28)29-13-9-26(10-14-29)5-4-6-33(37(43)44)38(45)46/h9-20,24-25,32-35,41H,4-8,21-23H2,1-3H3,(H,43,44)(H,45,46)/t24?,25?,32-,34+,35-/m1/s1. The summed E-state index contributed by atoms with van der Waals surface area (Å²) in [7, 11) is -3.08. The van der Waals surface area contributed by atoms with Gasteiger partial charge in [0.1, 0.15) is 15.7 Å². The molecule has 11 heteroatoms. The fourth-order valence-electron chi connectivity index (χ4n) is 6.53. The second-order valence-electron chi connectivity index (χ2n) is 13.5. The molecular weight excluding hydrogens is 649 g/mol. The third-order valence-corrected chi connectivity index (χ3v) is 11.4. The second-order valence-corrected chi connectivity index (χ2v) is 15.9. The summed E-state index contributed by atoms with van der Waals surface area (Å²) in [5, 5.41) is 28.7. The van der Waals surface area contributed by atoms with E-state index in [9.17, 15) is 32.3 Å². The molecule has 9 nitrogen and oxygen atoms in total. The summed E-state index contributed by atoms with van der Waals surface area (Å²) in [6, 6.07) is 20.9. The van der Waals surface area contributed by atoms with E-state index in [-0.39, 0.29) is 29.5 Å². The number of aliphatic carboxylic acids is 2. The molecule has 1 amide bonds. The normalized spacial score (nSPS) is 18.2. The van der Waals surface area contributed by atoms with Crippen LogP contribution in [0.5, 0.6) is 0 Å². The lowest BCUT2D eigenvalue weighted by molar-refractivity contribution is -0.154. The highest BCUT2D eigenvalue weighted by Gasteiger charge is 2.48. The fourth-order valence-corrected chi connectivity index (χ4v) is 7.21. The van der Waals surface area contributed by atoms with E-state index in [1.54, 1.807) is 11.8 Å². The minimum atomic E-state index is -3.08. The molecule has 1 saturated heterocycles. The van der Waals surface area contributed by atoms with Gasteiger partial charge in [0, 0.05) is 11.9 Å². The average Bonchev–Trinajstić information content (AvgIpc) is 3.05. The Bertz CT molecular complexity index is 1680. The van der Waals surface area contributed by atoms with Crippen LogP contribution in [-0.2, 0) is 37.1 Å². The second kappa shape index (κ2) is 16.5. The Hall–Kier alpha value is -4.09. The number of aliphatic hydroxyl groups is 1. The number of carbonyl (C=O) groups is 3. The molecule has 0 aromatic heterocycles. The quantitative estimate of drug-likeness (QED) is 0.100. The molecule has 49 heavy (non-hydrogen) atoms. The van der Waals surface area contributed by atoms with Gasteiger partial charge in [-0.3, -0.25) is 14.4 Å². The molecule has 0 radical (unpaired) electrons. The first-order chi connectivity index (χ1) is 23.1. The minimum absolute atomic E-state index is 0.0183. The molecule has 1 aliphatic heterocycles. The summed E-state index contributed by atoms with van der Waals surface area (Å²) in [4.78, 5) is 37.8. The molecule has 264 valence electrons. The average molecular weight is 696 g/mol. The van der Waals surface area contributed by atoms with Crippen LogP contribution in [0, 0.1) is 23.6 Å². The van der Waals surface area contributed by atoms with Gasteiger partial charge >= 0.3 is 11.9 Å². The predicted octanol–water partition coefficient (Wildman–Crippen LogP) is 6.54. The van der Waals surface area contributed by atoms with Crippen molar-refractivity contribution in [2.75, 3.05) is 11.2 Å². The van der Waals surface area contributed by atoms with Crippen LogP contribution in [-0.4, -0.2) is 53.1 Å². The predicted molar refractivity (Wildman–Crippen MR) is 185 cm³/mol. The first-order valence-electron chi connectivity index (χ1n) is 16.7. The number of β-lactam (4-membered cyclic amide) rings is 1. The topological polar surface area (TPSA) is 149 Å². The Labute approximate surface area is 287 Å². The SMILES string of the molecule is CC(CCc1ccc(N2C(=O)[C@H](CC[C@H](O)c3ccc(F)cc3)[C@H]2c2ccc(CCCC(C(=O)O)C(=O)O)cc2)cc1)CC(C)S(C)(=O)=O. The highest BCUT2D eigenvalue weighted by Crippen LogP contribution is 2.46. The number of aliphatic hydroxyl groups excluding tert-OH is 1. The van der Waals surface area contributed by atoms with Gasteiger partial charge in [0.15, 0.2) is 5.92 Å². The lowest BCUT2D eigenvalue weighted by atomic mass is 9.78. The number of hydrogen-bond acceptors (Lipinski definition) is 6. The summed E-state index contributed by atoms with van der Waals surface area (Å²) < 4.78 is 37.1. The van der Waals surface area contributed by atoms with Crippen molar-refractivity contribution in [3.63, 3.8) is 0 Å². The largest absolute Gasteiger partial charge is 0.481 e. The molecule has 1 aliphatic rings. The molecular formula is C38H46FNO8S. The molecule has 0 spiro atoms. The van der Waals surface area contributed by atoms with Crippen LogP contribution in [0.3, 0.4) is 0 Å². The Kier molecular flexibility index (Phi) is 12.7. The van der Waals surface area contributed by atoms with Crippen molar-refractivity contribution in [2.24, 2.45) is 17.8 Å². The lowest BCUT2D eigenvalue weighted by Gasteiger charge is -2.48. The van der Waals surface area contributed by atoms with Crippen molar-refractivity contribution in [1.29, 1.82) is 0 Å². The number of sulfone groups is 1. The van der Waals surface area contributed by atoms with Gasteiger partial charge in [-0.15, -0.1) is 0 Å². The number of rotatable bonds is 18. The summed E-state index contributed by atoms with van der Waals surface area (Å²) >= 11 is 0. The number of benzene rings is 3. The monoisotopic (exact) mass is 695 g/mol. The molecule has 0 saturated carbocycles. The molecule has 3 aromatic rings. The molecule has 2 unspecified atom stereocenters. The summed E-state index contributed by atoms with van der Waals surface area (Å²) in [6.45, 7) is 3.80. The third-order valence-electron chi connectivity index (χ3n) is 9.70. The van der Waals surface area contributed by atoms with Gasteiger partial charge in [0.05, 0.1) is 23.3 Å². The van der Waals surface area contributed by atoms with E-state index < -0.39 is 45.5 Å². The van der Waals surface area contributed by atoms with E-state index in [4.69, 9.17) is 10.2 Å². The molecule has 3 N–H and O–H groups in total. The van der Waals surface area contributed by atoms with Crippen molar-refractivity contribution < 1.29 is 42.5 Å². The maximum atomic E-state index is 13.7. The van der Waals surface area contributed by atoms with Gasteiger partial charge in [-0.25, -0.2) is 12.8 Å². The zero-order valence-electron chi connectivity index (χ0n) is 28.2. The van der Waals surface area contributed by atoms with Crippen molar-refractivity contribution in [1.82, 2.24) is 0 Å². The smallest absolute Gasteiger partial charge is 0.317 e. The lowest BCUT2D eigenvalue weighted by Crippen LogP contribution is -2.55. The van der Waals surface area contributed by atoms with Crippen LogP contribution in [0.15, 0.2) is 72.8 Å². The first-order valence-corrected chi connectivity index (χ1v) is 18.7. The van der Waals surface area contributed by atoms with E-state index in [1.165, 1.54) is 30.5 Å². The van der Waals surface area contributed by atoms with Gasteiger partial charge in [0.2, 0.25) is 5.91 Å². The van der Waals surface area contributed by atoms with Gasteiger partial charge in [-0.2, -0.15) is 0 Å². The van der Waals surface area contributed by atoms with Crippen LogP contribution >= 0.6 is 0 Å². The van der Waals surface area contributed by atoms with Crippen LogP contribution < -0.4 is 4.90 Å². The molecule has 4 rings (SSSR count). The fraction of sp³-hybridized carbons (Fsp3) is 0.447. The van der Waals surface area contributed by atoms with Crippen LogP contribution in [0.1, 0.15) is 86.8 Å². The number of carboxylic acid groups (broad SMARTS) is 2. The molecule has 0 aliphatic carbocycles. The number of anilines is 1. The first kappa shape index (κ1) is 37.7. The highest BCUT2D eigenvalue weighted by molar-refractivity contribution is 7.91. The molecule has 0 bridgehead atoms. The number of amides is 1. The number of halogens is 1. The number of carbonyl (C=O) groups excluding carboxylic acids is 1. The van der Waals surface area contributed by atoms with Gasteiger partial charge in [0.25, 0.3) is 0 Å². The third kappa shape index (κ3) is 9.98. The number of nitrogens with zero attached hydrogens (tertiary/aromatic N) is 1. The Balaban J connectivity index is 1.47. The Morgan fingerprint density at radius 2 is 1.41 bits per heavy atom.